The molecule has 0 saturated heterocycles. The van der Waals surface area contributed by atoms with Gasteiger partial charge in [0.1, 0.15) is 21.2 Å². The fourth-order valence-corrected chi connectivity index (χ4v) is 7.00. The molecule has 4 fully saturated rings. The third-order valence-electron chi connectivity index (χ3n) is 5.82. The fourth-order valence-electron chi connectivity index (χ4n) is 5.49. The van der Waals surface area contributed by atoms with Crippen LogP contribution in [0.2, 0.25) is 5.15 Å². The van der Waals surface area contributed by atoms with Crippen LogP contribution in [0, 0.1) is 24.7 Å². The molecule has 0 aliphatic heterocycles. The highest BCUT2D eigenvalue weighted by atomic mass is 35.5. The molecular weight excluding hydrogens is 302 g/mol. The number of rotatable bonds is 1. The lowest BCUT2D eigenvalue weighted by Crippen LogP contribution is -2.48. The van der Waals surface area contributed by atoms with E-state index in [4.69, 9.17) is 16.6 Å². The molecule has 4 aliphatic carbocycles. The summed E-state index contributed by atoms with van der Waals surface area (Å²) in [4.78, 5) is 14.7. The molecule has 3 nitrogen and oxygen atoms in total. The zero-order valence-corrected chi connectivity index (χ0v) is 13.7. The zero-order valence-electron chi connectivity index (χ0n) is 12.1. The SMILES string of the molecule is Cc1nc(Cl)c2nc(C34CC5CC(CC(C5)C3)C4)sc2n1. The van der Waals surface area contributed by atoms with Crippen LogP contribution < -0.4 is 0 Å². The first-order valence-corrected chi connectivity index (χ1v) is 9.12. The standard InChI is InChI=1S/C16H18ClN3S/c1-8-18-13(17)12-14(19-8)21-15(20-12)16-5-9-2-10(6-16)4-11(3-9)7-16/h9-11H,2-7H2,1H3. The van der Waals surface area contributed by atoms with Crippen molar-refractivity contribution in [3.05, 3.63) is 16.0 Å². The maximum atomic E-state index is 6.28. The molecule has 0 aromatic carbocycles. The van der Waals surface area contributed by atoms with Crippen molar-refractivity contribution in [1.29, 1.82) is 0 Å². The lowest BCUT2D eigenvalue weighted by molar-refractivity contribution is -0.00518. The topological polar surface area (TPSA) is 38.7 Å². The number of nitrogens with zero attached hydrogens (tertiary/aromatic N) is 3. The molecule has 4 bridgehead atoms. The smallest absolute Gasteiger partial charge is 0.159 e. The lowest BCUT2D eigenvalue weighted by atomic mass is 9.50. The third kappa shape index (κ3) is 1.81. The van der Waals surface area contributed by atoms with Crippen molar-refractivity contribution in [3.8, 4) is 0 Å². The van der Waals surface area contributed by atoms with Gasteiger partial charge in [-0.15, -0.1) is 0 Å². The molecule has 0 radical (unpaired) electrons. The molecule has 5 heteroatoms. The van der Waals surface area contributed by atoms with Crippen LogP contribution in [0.15, 0.2) is 0 Å². The summed E-state index contributed by atoms with van der Waals surface area (Å²) < 4.78 is 0. The third-order valence-corrected chi connectivity index (χ3v) is 7.28. The second-order valence-corrected chi connectivity index (χ2v) is 8.77. The van der Waals surface area contributed by atoms with Gasteiger partial charge in [-0.25, -0.2) is 15.0 Å². The summed E-state index contributed by atoms with van der Waals surface area (Å²) in [6, 6.07) is 0. The Morgan fingerprint density at radius 2 is 1.62 bits per heavy atom. The van der Waals surface area contributed by atoms with Crippen LogP contribution in [0.4, 0.5) is 0 Å². The van der Waals surface area contributed by atoms with E-state index in [0.717, 1.165) is 33.9 Å². The highest BCUT2D eigenvalue weighted by Crippen LogP contribution is 2.61. The van der Waals surface area contributed by atoms with Crippen molar-refractivity contribution < 1.29 is 0 Å². The molecule has 2 aromatic rings. The average Bonchev–Trinajstić information content (AvgIpc) is 2.82. The summed E-state index contributed by atoms with van der Waals surface area (Å²) in [6.45, 7) is 1.90. The maximum absolute atomic E-state index is 6.28. The minimum absolute atomic E-state index is 0.331. The highest BCUT2D eigenvalue weighted by Gasteiger charge is 2.53. The van der Waals surface area contributed by atoms with Crippen LogP contribution in [0.1, 0.15) is 49.4 Å². The van der Waals surface area contributed by atoms with Gasteiger partial charge >= 0.3 is 0 Å². The Hall–Kier alpha value is -0.740. The highest BCUT2D eigenvalue weighted by molar-refractivity contribution is 7.18. The molecular formula is C16H18ClN3S. The van der Waals surface area contributed by atoms with Crippen molar-refractivity contribution in [2.24, 2.45) is 17.8 Å². The molecule has 4 aliphatic rings. The zero-order chi connectivity index (χ0) is 14.2. The second-order valence-electron chi connectivity index (χ2n) is 7.43. The van der Waals surface area contributed by atoms with Gasteiger partial charge in [0.2, 0.25) is 0 Å². The predicted molar refractivity (Wildman–Crippen MR) is 84.8 cm³/mol. The fraction of sp³-hybridized carbons (Fsp3) is 0.688. The molecule has 2 aromatic heterocycles. The summed E-state index contributed by atoms with van der Waals surface area (Å²) >= 11 is 8.04. The lowest BCUT2D eigenvalue weighted by Gasteiger charge is -2.56. The molecule has 0 atom stereocenters. The van der Waals surface area contributed by atoms with Gasteiger partial charge in [0.15, 0.2) is 5.15 Å². The van der Waals surface area contributed by atoms with Gasteiger partial charge in [-0.2, -0.15) is 0 Å². The Bertz CT molecular complexity index is 703. The average molecular weight is 320 g/mol. The van der Waals surface area contributed by atoms with E-state index >= 15 is 0 Å². The number of halogens is 1. The quantitative estimate of drug-likeness (QED) is 0.726. The van der Waals surface area contributed by atoms with E-state index in [0.29, 0.717) is 10.6 Å². The molecule has 21 heavy (non-hydrogen) atoms. The van der Waals surface area contributed by atoms with E-state index in [1.54, 1.807) is 11.3 Å². The monoisotopic (exact) mass is 319 g/mol. The van der Waals surface area contributed by atoms with Gasteiger partial charge in [0.05, 0.1) is 0 Å². The number of aryl methyl sites for hydroxylation is 1. The summed E-state index contributed by atoms with van der Waals surface area (Å²) in [5, 5.41) is 1.81. The largest absolute Gasteiger partial charge is 0.236 e. The van der Waals surface area contributed by atoms with E-state index in [2.05, 4.69) is 9.97 Å². The van der Waals surface area contributed by atoms with Crippen LogP contribution in [-0.4, -0.2) is 15.0 Å². The Morgan fingerprint density at radius 3 is 2.24 bits per heavy atom. The molecule has 0 amide bonds. The van der Waals surface area contributed by atoms with Crippen LogP contribution in [0.5, 0.6) is 0 Å². The molecule has 2 heterocycles. The van der Waals surface area contributed by atoms with Gasteiger partial charge in [0.25, 0.3) is 0 Å². The molecule has 0 N–H and O–H groups in total. The summed E-state index contributed by atoms with van der Waals surface area (Å²) in [5.74, 6) is 3.55. The van der Waals surface area contributed by atoms with Gasteiger partial charge in [0, 0.05) is 5.41 Å². The van der Waals surface area contributed by atoms with Crippen molar-refractivity contribution in [3.63, 3.8) is 0 Å². The Kier molecular flexibility index (Phi) is 2.53. The van der Waals surface area contributed by atoms with E-state index in [-0.39, 0.29) is 0 Å². The van der Waals surface area contributed by atoms with E-state index in [1.807, 2.05) is 6.92 Å². The number of aromatic nitrogens is 3. The number of thiazole rings is 1. The van der Waals surface area contributed by atoms with Crippen LogP contribution in [0.3, 0.4) is 0 Å². The Balaban J connectivity index is 1.65. The second kappa shape index (κ2) is 4.17. The molecule has 4 saturated carbocycles. The molecule has 0 unspecified atom stereocenters. The molecule has 6 rings (SSSR count). The first-order valence-electron chi connectivity index (χ1n) is 7.92. The normalized spacial score (nSPS) is 37.5. The van der Waals surface area contributed by atoms with Gasteiger partial charge in [-0.1, -0.05) is 22.9 Å². The molecule has 0 spiro atoms. The van der Waals surface area contributed by atoms with Gasteiger partial charge in [-0.3, -0.25) is 0 Å². The van der Waals surface area contributed by atoms with Crippen molar-refractivity contribution >= 4 is 33.3 Å². The first-order chi connectivity index (χ1) is 10.1. The van der Waals surface area contributed by atoms with Crippen LogP contribution >= 0.6 is 22.9 Å². The summed E-state index contributed by atoms with van der Waals surface area (Å²) in [6.07, 6.45) is 8.39. The van der Waals surface area contributed by atoms with Crippen LogP contribution in [-0.2, 0) is 5.41 Å². The Morgan fingerprint density at radius 1 is 1.00 bits per heavy atom. The minimum Gasteiger partial charge on any atom is -0.236 e. The summed E-state index contributed by atoms with van der Waals surface area (Å²) in [5.41, 5.74) is 1.15. The Labute approximate surface area is 133 Å². The predicted octanol–water partition coefficient (Wildman–Crippen LogP) is 4.52. The number of hydrogen-bond donors (Lipinski definition) is 0. The number of fused-ring (bicyclic) bond motifs is 1. The van der Waals surface area contributed by atoms with E-state index in [1.165, 1.54) is 43.5 Å². The van der Waals surface area contributed by atoms with Gasteiger partial charge < -0.3 is 0 Å². The van der Waals surface area contributed by atoms with E-state index < -0.39 is 0 Å². The molecule has 110 valence electrons. The first kappa shape index (κ1) is 12.8. The van der Waals surface area contributed by atoms with E-state index in [9.17, 15) is 0 Å². The van der Waals surface area contributed by atoms with Crippen LogP contribution in [0.25, 0.3) is 10.3 Å². The summed E-state index contributed by atoms with van der Waals surface area (Å²) in [7, 11) is 0. The maximum Gasteiger partial charge on any atom is 0.159 e. The number of hydrogen-bond acceptors (Lipinski definition) is 4. The minimum atomic E-state index is 0.331. The van der Waals surface area contributed by atoms with Crippen molar-refractivity contribution in [1.82, 2.24) is 15.0 Å². The van der Waals surface area contributed by atoms with Crippen molar-refractivity contribution in [2.45, 2.75) is 50.9 Å². The van der Waals surface area contributed by atoms with Crippen molar-refractivity contribution in [2.75, 3.05) is 0 Å². The van der Waals surface area contributed by atoms with Gasteiger partial charge in [-0.05, 0) is 63.2 Å².